The summed E-state index contributed by atoms with van der Waals surface area (Å²) in [5.41, 5.74) is 3.37. The van der Waals surface area contributed by atoms with Gasteiger partial charge in [0.25, 0.3) is 0 Å². The first-order valence-corrected chi connectivity index (χ1v) is 8.39. The molecular weight excluding hydrogens is 320 g/mol. The van der Waals surface area contributed by atoms with Crippen LogP contribution in [-0.4, -0.2) is 26.8 Å². The second-order valence-electron chi connectivity index (χ2n) is 6.38. The molecule has 130 valence electrons. The molecule has 0 amide bonds. The van der Waals surface area contributed by atoms with Gasteiger partial charge in [0.1, 0.15) is 6.61 Å². The topological polar surface area (TPSA) is 54.0 Å². The SMILES string of the molecule is COc1ccc(-c2ccc3c(c2)COC3=O)c(OC)c1OCC1CC1. The Morgan fingerprint density at radius 3 is 2.56 bits per heavy atom. The molecule has 2 aromatic carbocycles. The summed E-state index contributed by atoms with van der Waals surface area (Å²) in [6, 6.07) is 9.50. The van der Waals surface area contributed by atoms with Crippen molar-refractivity contribution < 1.29 is 23.7 Å². The highest BCUT2D eigenvalue weighted by Crippen LogP contribution is 2.45. The molecule has 1 aliphatic carbocycles. The maximum absolute atomic E-state index is 11.6. The Labute approximate surface area is 146 Å². The molecule has 0 unspecified atom stereocenters. The van der Waals surface area contributed by atoms with Crippen molar-refractivity contribution in [2.24, 2.45) is 5.92 Å². The van der Waals surface area contributed by atoms with Crippen LogP contribution in [0.15, 0.2) is 30.3 Å². The molecule has 0 radical (unpaired) electrons. The molecule has 5 heteroatoms. The molecule has 2 aliphatic rings. The lowest BCUT2D eigenvalue weighted by molar-refractivity contribution is 0.0535. The van der Waals surface area contributed by atoms with Gasteiger partial charge in [-0.1, -0.05) is 6.07 Å². The van der Waals surface area contributed by atoms with Crippen LogP contribution in [0.4, 0.5) is 0 Å². The van der Waals surface area contributed by atoms with E-state index in [4.69, 9.17) is 18.9 Å². The van der Waals surface area contributed by atoms with Crippen molar-refractivity contribution in [3.05, 3.63) is 41.5 Å². The van der Waals surface area contributed by atoms with Crippen LogP contribution < -0.4 is 14.2 Å². The van der Waals surface area contributed by atoms with Gasteiger partial charge in [0.15, 0.2) is 11.5 Å². The van der Waals surface area contributed by atoms with E-state index in [2.05, 4.69) is 0 Å². The second kappa shape index (κ2) is 6.31. The normalized spacial score (nSPS) is 15.5. The Hall–Kier alpha value is -2.69. The van der Waals surface area contributed by atoms with Crippen molar-refractivity contribution in [2.45, 2.75) is 19.4 Å². The highest BCUT2D eigenvalue weighted by molar-refractivity contribution is 5.94. The Morgan fingerprint density at radius 2 is 1.84 bits per heavy atom. The van der Waals surface area contributed by atoms with Crippen LogP contribution in [0.25, 0.3) is 11.1 Å². The van der Waals surface area contributed by atoms with Crippen LogP contribution in [0.3, 0.4) is 0 Å². The zero-order chi connectivity index (χ0) is 17.4. The third-order valence-electron chi connectivity index (χ3n) is 4.66. The molecule has 1 heterocycles. The van der Waals surface area contributed by atoms with Crippen molar-refractivity contribution >= 4 is 5.97 Å². The summed E-state index contributed by atoms with van der Waals surface area (Å²) in [5, 5.41) is 0. The maximum Gasteiger partial charge on any atom is 0.338 e. The molecular formula is C20H20O5. The summed E-state index contributed by atoms with van der Waals surface area (Å²) >= 11 is 0. The number of ether oxygens (including phenoxy) is 4. The second-order valence-corrected chi connectivity index (χ2v) is 6.38. The number of hydrogen-bond acceptors (Lipinski definition) is 5. The quantitative estimate of drug-likeness (QED) is 0.748. The molecule has 0 bridgehead atoms. The lowest BCUT2D eigenvalue weighted by Gasteiger charge is -2.18. The highest BCUT2D eigenvalue weighted by Gasteiger charge is 2.26. The Balaban J connectivity index is 1.76. The molecule has 0 aromatic heterocycles. The number of carbonyl (C=O) groups excluding carboxylic acids is 1. The van der Waals surface area contributed by atoms with E-state index in [0.717, 1.165) is 16.7 Å². The Morgan fingerprint density at radius 1 is 1.04 bits per heavy atom. The summed E-state index contributed by atoms with van der Waals surface area (Å²) in [7, 11) is 3.25. The minimum Gasteiger partial charge on any atom is -0.493 e. The summed E-state index contributed by atoms with van der Waals surface area (Å²) in [4.78, 5) is 11.6. The van der Waals surface area contributed by atoms with Gasteiger partial charge in [0.05, 0.1) is 26.4 Å². The first kappa shape index (κ1) is 15.8. The smallest absolute Gasteiger partial charge is 0.338 e. The van der Waals surface area contributed by atoms with E-state index in [0.29, 0.717) is 41.9 Å². The largest absolute Gasteiger partial charge is 0.493 e. The van der Waals surface area contributed by atoms with E-state index >= 15 is 0 Å². The van der Waals surface area contributed by atoms with Gasteiger partial charge in [-0.2, -0.15) is 0 Å². The number of carbonyl (C=O) groups is 1. The molecule has 4 rings (SSSR count). The van der Waals surface area contributed by atoms with Gasteiger partial charge < -0.3 is 18.9 Å². The van der Waals surface area contributed by atoms with Crippen molar-refractivity contribution in [3.63, 3.8) is 0 Å². The Kier molecular flexibility index (Phi) is 3.99. The van der Waals surface area contributed by atoms with Gasteiger partial charge in [0, 0.05) is 11.1 Å². The van der Waals surface area contributed by atoms with E-state index in [1.807, 2.05) is 24.3 Å². The maximum atomic E-state index is 11.6. The number of benzene rings is 2. The first-order valence-electron chi connectivity index (χ1n) is 8.39. The van der Waals surface area contributed by atoms with Crippen molar-refractivity contribution in [1.29, 1.82) is 0 Å². The van der Waals surface area contributed by atoms with Crippen LogP contribution in [0.1, 0.15) is 28.8 Å². The molecule has 0 N–H and O–H groups in total. The number of cyclic esters (lactones) is 1. The lowest BCUT2D eigenvalue weighted by atomic mass is 9.99. The molecule has 1 fully saturated rings. The van der Waals surface area contributed by atoms with Crippen LogP contribution in [0, 0.1) is 5.92 Å². The van der Waals surface area contributed by atoms with Crippen molar-refractivity contribution in [3.8, 4) is 28.4 Å². The lowest BCUT2D eigenvalue weighted by Crippen LogP contribution is -2.04. The number of esters is 1. The number of methoxy groups -OCH3 is 2. The predicted molar refractivity (Wildman–Crippen MR) is 92.3 cm³/mol. The van der Waals surface area contributed by atoms with Crippen LogP contribution in [0.2, 0.25) is 0 Å². The molecule has 25 heavy (non-hydrogen) atoms. The molecule has 0 saturated heterocycles. The van der Waals surface area contributed by atoms with Crippen LogP contribution in [-0.2, 0) is 11.3 Å². The van der Waals surface area contributed by atoms with E-state index in [1.165, 1.54) is 12.8 Å². The highest BCUT2D eigenvalue weighted by atomic mass is 16.5. The molecule has 5 nitrogen and oxygen atoms in total. The number of rotatable bonds is 6. The fraction of sp³-hybridized carbons (Fsp3) is 0.350. The van der Waals surface area contributed by atoms with E-state index in [9.17, 15) is 4.79 Å². The minimum atomic E-state index is -0.267. The number of hydrogen-bond donors (Lipinski definition) is 0. The van der Waals surface area contributed by atoms with Gasteiger partial charge >= 0.3 is 5.97 Å². The Bertz CT molecular complexity index is 823. The van der Waals surface area contributed by atoms with Crippen molar-refractivity contribution in [1.82, 2.24) is 0 Å². The molecule has 0 atom stereocenters. The zero-order valence-electron chi connectivity index (χ0n) is 14.3. The molecule has 0 spiro atoms. The fourth-order valence-corrected chi connectivity index (χ4v) is 3.06. The van der Waals surface area contributed by atoms with E-state index in [-0.39, 0.29) is 5.97 Å². The van der Waals surface area contributed by atoms with Crippen LogP contribution >= 0.6 is 0 Å². The molecule has 1 aliphatic heterocycles. The zero-order valence-corrected chi connectivity index (χ0v) is 14.3. The monoisotopic (exact) mass is 340 g/mol. The van der Waals surface area contributed by atoms with Gasteiger partial charge in [-0.3, -0.25) is 0 Å². The van der Waals surface area contributed by atoms with Gasteiger partial charge in [-0.05, 0) is 48.6 Å². The van der Waals surface area contributed by atoms with Gasteiger partial charge in [0.2, 0.25) is 5.75 Å². The van der Waals surface area contributed by atoms with Gasteiger partial charge in [-0.25, -0.2) is 4.79 Å². The van der Waals surface area contributed by atoms with E-state index in [1.54, 1.807) is 20.3 Å². The van der Waals surface area contributed by atoms with Gasteiger partial charge in [-0.15, -0.1) is 0 Å². The average Bonchev–Trinajstić information content (AvgIpc) is 3.41. The minimum absolute atomic E-state index is 0.267. The van der Waals surface area contributed by atoms with Crippen LogP contribution in [0.5, 0.6) is 17.2 Å². The summed E-state index contributed by atoms with van der Waals surface area (Å²) in [6.45, 7) is 0.980. The first-order chi connectivity index (χ1) is 12.2. The third kappa shape index (κ3) is 2.90. The number of fused-ring (bicyclic) bond motifs is 1. The van der Waals surface area contributed by atoms with E-state index < -0.39 is 0 Å². The standard InChI is InChI=1S/C20H20O5/c1-22-17-8-7-15(18(23-2)19(17)24-10-12-3-4-12)13-5-6-16-14(9-13)11-25-20(16)21/h5-9,12H,3-4,10-11H2,1-2H3. The predicted octanol–water partition coefficient (Wildman–Crippen LogP) is 3.83. The average molecular weight is 340 g/mol. The molecule has 2 aromatic rings. The third-order valence-corrected chi connectivity index (χ3v) is 4.66. The summed E-state index contributed by atoms with van der Waals surface area (Å²) in [6.07, 6.45) is 2.42. The fourth-order valence-electron chi connectivity index (χ4n) is 3.06. The summed E-state index contributed by atoms with van der Waals surface area (Å²) < 4.78 is 22.2. The van der Waals surface area contributed by atoms with Crippen molar-refractivity contribution in [2.75, 3.05) is 20.8 Å². The summed E-state index contributed by atoms with van der Waals surface area (Å²) in [5.74, 6) is 2.28. The molecule has 1 saturated carbocycles.